The van der Waals surface area contributed by atoms with Crippen molar-refractivity contribution in [3.05, 3.63) is 44.7 Å². The third-order valence-corrected chi connectivity index (χ3v) is 1.68. The Bertz CT molecular complexity index is 457. The first kappa shape index (κ1) is 10.9. The Balaban J connectivity index is 2.60. The fourth-order valence-electron chi connectivity index (χ4n) is 0.981. The van der Waals surface area contributed by atoms with Crippen LogP contribution in [0.1, 0.15) is 12.0 Å². The number of pyridine rings is 1. The van der Waals surface area contributed by atoms with Crippen LogP contribution in [-0.4, -0.2) is 16.6 Å². The van der Waals surface area contributed by atoms with Crippen LogP contribution in [-0.2, 0) is 0 Å². The number of hydrogen-bond acceptors (Lipinski definition) is 3. The van der Waals surface area contributed by atoms with E-state index in [1.807, 2.05) is 0 Å². The maximum atomic E-state index is 10.8. The molecular formula is C9H10N4O2. The summed E-state index contributed by atoms with van der Waals surface area (Å²) in [6, 6.07) is 1.36. The minimum atomic E-state index is -0.513. The van der Waals surface area contributed by atoms with Crippen molar-refractivity contribution >= 4 is 6.08 Å². The van der Waals surface area contributed by atoms with Crippen LogP contribution in [0.25, 0.3) is 16.5 Å². The van der Waals surface area contributed by atoms with Gasteiger partial charge in [0.2, 0.25) is 0 Å². The molecule has 0 amide bonds. The molecule has 0 saturated carbocycles. The first-order valence-electron chi connectivity index (χ1n) is 4.33. The Morgan fingerprint density at radius 2 is 2.47 bits per heavy atom. The Labute approximate surface area is 85.5 Å². The second kappa shape index (κ2) is 5.51. The topological polar surface area (TPSA) is 102 Å². The highest BCUT2D eigenvalue weighted by Crippen LogP contribution is 2.05. The van der Waals surface area contributed by atoms with Crippen molar-refractivity contribution in [1.29, 1.82) is 0 Å². The molecule has 0 aromatic carbocycles. The third kappa shape index (κ3) is 3.58. The van der Waals surface area contributed by atoms with Crippen molar-refractivity contribution in [2.45, 2.75) is 6.42 Å². The van der Waals surface area contributed by atoms with E-state index in [0.717, 1.165) is 0 Å². The summed E-state index contributed by atoms with van der Waals surface area (Å²) in [7, 11) is 0. The van der Waals surface area contributed by atoms with E-state index in [4.69, 9.17) is 10.6 Å². The molecule has 1 rings (SSSR count). The molecule has 78 valence electrons. The molecule has 0 aliphatic heterocycles. The standard InChI is InChI=1S/C9H10N4O2/c10-13-12-4-2-1-3-7-5-8(14)9(15)11-6-7/h1,3,5-6,14H,2,4H2,(H,11,15). The molecule has 0 bridgehead atoms. The van der Waals surface area contributed by atoms with E-state index in [1.165, 1.54) is 12.3 Å². The van der Waals surface area contributed by atoms with Crippen LogP contribution >= 0.6 is 0 Å². The quantitative estimate of drug-likeness (QED) is 0.339. The number of aromatic nitrogens is 1. The van der Waals surface area contributed by atoms with Gasteiger partial charge in [-0.05, 0) is 23.6 Å². The molecule has 0 unspecified atom stereocenters. The third-order valence-electron chi connectivity index (χ3n) is 1.68. The van der Waals surface area contributed by atoms with E-state index < -0.39 is 5.56 Å². The van der Waals surface area contributed by atoms with Crippen molar-refractivity contribution in [2.24, 2.45) is 5.11 Å². The zero-order chi connectivity index (χ0) is 11.1. The van der Waals surface area contributed by atoms with Gasteiger partial charge in [-0.3, -0.25) is 4.79 Å². The Morgan fingerprint density at radius 3 is 3.13 bits per heavy atom. The summed E-state index contributed by atoms with van der Waals surface area (Å²) >= 11 is 0. The number of hydrogen-bond donors (Lipinski definition) is 2. The summed E-state index contributed by atoms with van der Waals surface area (Å²) in [5.41, 5.74) is 8.19. The Morgan fingerprint density at radius 1 is 1.67 bits per heavy atom. The lowest BCUT2D eigenvalue weighted by atomic mass is 10.2. The minimum Gasteiger partial charge on any atom is -0.503 e. The van der Waals surface area contributed by atoms with Crippen LogP contribution in [0.5, 0.6) is 5.75 Å². The molecule has 1 aromatic rings. The summed E-state index contributed by atoms with van der Waals surface area (Å²) in [5, 5.41) is 12.5. The monoisotopic (exact) mass is 206 g/mol. The number of H-pyrrole nitrogens is 1. The summed E-state index contributed by atoms with van der Waals surface area (Å²) in [4.78, 5) is 15.8. The molecule has 0 spiro atoms. The van der Waals surface area contributed by atoms with Crippen LogP contribution in [0, 0.1) is 0 Å². The zero-order valence-corrected chi connectivity index (χ0v) is 7.92. The number of nitrogens with zero attached hydrogens (tertiary/aromatic N) is 3. The second-order valence-corrected chi connectivity index (χ2v) is 2.79. The minimum absolute atomic E-state index is 0.313. The van der Waals surface area contributed by atoms with Crippen molar-refractivity contribution < 1.29 is 5.11 Å². The van der Waals surface area contributed by atoms with Gasteiger partial charge in [0.25, 0.3) is 5.56 Å². The van der Waals surface area contributed by atoms with E-state index in [9.17, 15) is 4.79 Å². The van der Waals surface area contributed by atoms with Gasteiger partial charge in [0.1, 0.15) is 0 Å². The predicted octanol–water partition coefficient (Wildman–Crippen LogP) is 1.79. The van der Waals surface area contributed by atoms with Gasteiger partial charge in [-0.25, -0.2) is 0 Å². The Kier molecular flexibility index (Phi) is 4.00. The molecule has 0 radical (unpaired) electrons. The van der Waals surface area contributed by atoms with Gasteiger partial charge in [0.05, 0.1) is 0 Å². The van der Waals surface area contributed by atoms with Crippen LogP contribution in [0.2, 0.25) is 0 Å². The SMILES string of the molecule is [N-]=[N+]=NCCC=Cc1c[nH]c(=O)c(O)c1. The van der Waals surface area contributed by atoms with E-state index in [0.29, 0.717) is 18.5 Å². The summed E-state index contributed by atoms with van der Waals surface area (Å²) < 4.78 is 0. The molecule has 0 aliphatic rings. The molecule has 1 heterocycles. The lowest BCUT2D eigenvalue weighted by Crippen LogP contribution is -2.03. The highest BCUT2D eigenvalue weighted by atomic mass is 16.3. The molecule has 1 aromatic heterocycles. The molecule has 0 fully saturated rings. The van der Waals surface area contributed by atoms with Gasteiger partial charge in [0.15, 0.2) is 5.75 Å². The average molecular weight is 206 g/mol. The van der Waals surface area contributed by atoms with Gasteiger partial charge in [-0.1, -0.05) is 17.3 Å². The van der Waals surface area contributed by atoms with Gasteiger partial charge in [0, 0.05) is 17.7 Å². The maximum absolute atomic E-state index is 10.8. The molecular weight excluding hydrogens is 196 g/mol. The predicted molar refractivity (Wildman–Crippen MR) is 56.4 cm³/mol. The fourth-order valence-corrected chi connectivity index (χ4v) is 0.981. The average Bonchev–Trinajstić information content (AvgIpc) is 2.23. The summed E-state index contributed by atoms with van der Waals surface area (Å²) in [5.74, 6) is -0.313. The van der Waals surface area contributed by atoms with Gasteiger partial charge in [-0.2, -0.15) is 0 Å². The van der Waals surface area contributed by atoms with E-state index >= 15 is 0 Å². The molecule has 6 nitrogen and oxygen atoms in total. The van der Waals surface area contributed by atoms with Crippen molar-refractivity contribution in [3.8, 4) is 5.75 Å². The van der Waals surface area contributed by atoms with Crippen LogP contribution in [0.15, 0.2) is 28.2 Å². The highest BCUT2D eigenvalue weighted by molar-refractivity contribution is 5.49. The molecule has 0 saturated heterocycles. The fraction of sp³-hybridized carbons (Fsp3) is 0.222. The van der Waals surface area contributed by atoms with Crippen LogP contribution < -0.4 is 5.56 Å². The normalized spacial score (nSPS) is 10.1. The van der Waals surface area contributed by atoms with E-state index in [-0.39, 0.29) is 5.75 Å². The van der Waals surface area contributed by atoms with Gasteiger partial charge in [-0.15, -0.1) is 0 Å². The number of aromatic hydroxyl groups is 1. The summed E-state index contributed by atoms with van der Waals surface area (Å²) in [6.07, 6.45) is 5.63. The van der Waals surface area contributed by atoms with Crippen molar-refractivity contribution in [2.75, 3.05) is 6.54 Å². The van der Waals surface area contributed by atoms with E-state index in [2.05, 4.69) is 15.0 Å². The first-order valence-corrected chi connectivity index (χ1v) is 4.33. The number of rotatable bonds is 4. The van der Waals surface area contributed by atoms with Gasteiger partial charge >= 0.3 is 0 Å². The number of aromatic amines is 1. The highest BCUT2D eigenvalue weighted by Gasteiger charge is 1.95. The Hall–Kier alpha value is -2.20. The maximum Gasteiger partial charge on any atom is 0.290 e. The van der Waals surface area contributed by atoms with Crippen molar-refractivity contribution in [3.63, 3.8) is 0 Å². The van der Waals surface area contributed by atoms with Crippen LogP contribution in [0.3, 0.4) is 0 Å². The van der Waals surface area contributed by atoms with E-state index in [1.54, 1.807) is 12.2 Å². The smallest absolute Gasteiger partial charge is 0.290 e. The first-order chi connectivity index (χ1) is 7.24. The summed E-state index contributed by atoms with van der Waals surface area (Å²) in [6.45, 7) is 0.391. The lowest BCUT2D eigenvalue weighted by molar-refractivity contribution is 0.466. The lowest BCUT2D eigenvalue weighted by Gasteiger charge is -1.93. The second-order valence-electron chi connectivity index (χ2n) is 2.79. The van der Waals surface area contributed by atoms with Crippen molar-refractivity contribution in [1.82, 2.24) is 4.98 Å². The van der Waals surface area contributed by atoms with Crippen LogP contribution in [0.4, 0.5) is 0 Å². The largest absolute Gasteiger partial charge is 0.503 e. The molecule has 0 atom stereocenters. The molecule has 6 heteroatoms. The van der Waals surface area contributed by atoms with Gasteiger partial charge < -0.3 is 10.1 Å². The zero-order valence-electron chi connectivity index (χ0n) is 7.92. The molecule has 2 N–H and O–H groups in total. The molecule has 0 aliphatic carbocycles. The number of nitrogens with one attached hydrogen (secondary N) is 1. The number of azide groups is 1. The molecule has 15 heavy (non-hydrogen) atoms.